The molecule has 0 amide bonds. The van der Waals surface area contributed by atoms with Crippen LogP contribution in [0.3, 0.4) is 0 Å². The van der Waals surface area contributed by atoms with Gasteiger partial charge in [0.05, 0.1) is 20.4 Å². The summed E-state index contributed by atoms with van der Waals surface area (Å²) in [6.07, 6.45) is 1.70. The van der Waals surface area contributed by atoms with Gasteiger partial charge in [-0.1, -0.05) is 30.3 Å². The Morgan fingerprint density at radius 3 is 1.87 bits per heavy atom. The summed E-state index contributed by atoms with van der Waals surface area (Å²) >= 11 is 0. The second-order valence-corrected chi connectivity index (χ2v) is 6.57. The third kappa shape index (κ3) is 4.84. The van der Waals surface area contributed by atoms with Crippen LogP contribution >= 0.6 is 0 Å². The van der Waals surface area contributed by atoms with Crippen LogP contribution in [0.4, 0.5) is 5.95 Å². The summed E-state index contributed by atoms with van der Waals surface area (Å²) in [4.78, 5) is 4.68. The minimum absolute atomic E-state index is 0.301. The maximum absolute atomic E-state index is 5.27. The van der Waals surface area contributed by atoms with Crippen molar-refractivity contribution in [3.05, 3.63) is 84.4 Å². The number of anilines is 1. The Morgan fingerprint density at radius 2 is 1.29 bits per heavy atom. The predicted octanol–water partition coefficient (Wildman–Crippen LogP) is 4.67. The van der Waals surface area contributed by atoms with Gasteiger partial charge in [-0.15, -0.1) is 10.2 Å². The molecule has 0 aliphatic heterocycles. The number of aromatic nitrogens is 3. The van der Waals surface area contributed by atoms with Crippen LogP contribution in [0.15, 0.2) is 84.0 Å². The van der Waals surface area contributed by atoms with Crippen LogP contribution in [0.1, 0.15) is 5.56 Å². The summed E-state index contributed by atoms with van der Waals surface area (Å²) in [7, 11) is 3.27. The van der Waals surface area contributed by atoms with E-state index in [1.54, 1.807) is 20.4 Å². The Bertz CT molecular complexity index is 1160. The van der Waals surface area contributed by atoms with Gasteiger partial charge in [-0.3, -0.25) is 0 Å². The van der Waals surface area contributed by atoms with E-state index in [9.17, 15) is 0 Å². The zero-order chi connectivity index (χ0) is 21.5. The van der Waals surface area contributed by atoms with E-state index < -0.39 is 0 Å². The summed E-state index contributed by atoms with van der Waals surface area (Å²) in [5, 5.41) is 12.9. The van der Waals surface area contributed by atoms with Crippen molar-refractivity contribution in [3.8, 4) is 34.0 Å². The number of rotatable bonds is 7. The first-order valence-corrected chi connectivity index (χ1v) is 9.64. The van der Waals surface area contributed by atoms with Crippen LogP contribution in [-0.4, -0.2) is 35.6 Å². The fourth-order valence-corrected chi connectivity index (χ4v) is 2.97. The lowest BCUT2D eigenvalue weighted by Gasteiger charge is -2.10. The van der Waals surface area contributed by atoms with Crippen molar-refractivity contribution in [1.82, 2.24) is 15.2 Å². The highest BCUT2D eigenvalue weighted by molar-refractivity contribution is 5.80. The zero-order valence-electron chi connectivity index (χ0n) is 17.2. The van der Waals surface area contributed by atoms with Gasteiger partial charge in [-0.25, -0.2) is 10.4 Å². The Balaban J connectivity index is 1.69. The number of hydrogen-bond acceptors (Lipinski definition) is 7. The molecule has 0 fully saturated rings. The topological polar surface area (TPSA) is 81.5 Å². The molecule has 1 N–H and O–H groups in total. The van der Waals surface area contributed by atoms with Crippen molar-refractivity contribution in [2.24, 2.45) is 5.10 Å². The minimum atomic E-state index is 0.301. The molecule has 7 nitrogen and oxygen atoms in total. The molecular weight excluding hydrogens is 390 g/mol. The molecule has 0 saturated carbocycles. The van der Waals surface area contributed by atoms with Gasteiger partial charge >= 0.3 is 0 Å². The van der Waals surface area contributed by atoms with Crippen molar-refractivity contribution in [1.29, 1.82) is 0 Å². The molecule has 154 valence electrons. The number of nitrogens with zero attached hydrogens (tertiary/aromatic N) is 4. The molecule has 0 aliphatic rings. The van der Waals surface area contributed by atoms with E-state index in [0.717, 1.165) is 28.2 Å². The van der Waals surface area contributed by atoms with Crippen LogP contribution in [0.2, 0.25) is 0 Å². The highest BCUT2D eigenvalue weighted by Gasteiger charge is 2.14. The van der Waals surface area contributed by atoms with Gasteiger partial charge in [0, 0.05) is 11.1 Å². The van der Waals surface area contributed by atoms with Crippen molar-refractivity contribution in [3.63, 3.8) is 0 Å². The molecule has 0 saturated heterocycles. The lowest BCUT2D eigenvalue weighted by molar-refractivity contribution is 0.414. The molecule has 0 unspecified atom stereocenters. The van der Waals surface area contributed by atoms with E-state index in [4.69, 9.17) is 9.47 Å². The Morgan fingerprint density at radius 1 is 0.710 bits per heavy atom. The van der Waals surface area contributed by atoms with Gasteiger partial charge in [-0.2, -0.15) is 5.10 Å². The Labute approximate surface area is 180 Å². The smallest absolute Gasteiger partial charge is 0.263 e. The van der Waals surface area contributed by atoms with Gasteiger partial charge < -0.3 is 9.47 Å². The second-order valence-electron chi connectivity index (χ2n) is 6.57. The van der Waals surface area contributed by atoms with Crippen molar-refractivity contribution in [2.45, 2.75) is 0 Å². The third-order valence-electron chi connectivity index (χ3n) is 4.59. The van der Waals surface area contributed by atoms with Crippen LogP contribution in [-0.2, 0) is 0 Å². The highest BCUT2D eigenvalue weighted by Crippen LogP contribution is 2.31. The average molecular weight is 411 g/mol. The van der Waals surface area contributed by atoms with Crippen molar-refractivity contribution >= 4 is 12.2 Å². The van der Waals surface area contributed by atoms with E-state index in [2.05, 4.69) is 25.7 Å². The van der Waals surface area contributed by atoms with Gasteiger partial charge in [0.15, 0.2) is 0 Å². The molecule has 1 heterocycles. The largest absolute Gasteiger partial charge is 0.497 e. The molecule has 1 aromatic heterocycles. The molecule has 0 spiro atoms. The summed E-state index contributed by atoms with van der Waals surface area (Å²) in [5.41, 5.74) is 6.93. The van der Waals surface area contributed by atoms with Crippen molar-refractivity contribution in [2.75, 3.05) is 19.6 Å². The lowest BCUT2D eigenvalue weighted by atomic mass is 10.0. The number of ether oxygens (including phenoxy) is 2. The quantitative estimate of drug-likeness (QED) is 0.352. The van der Waals surface area contributed by atoms with E-state index in [0.29, 0.717) is 17.3 Å². The normalized spacial score (nSPS) is 10.8. The standard InChI is InChI=1S/C24H21N5O2/c1-30-20-12-8-18(9-13-20)22-23(19-10-14-21(31-2)15-11-19)27-29-24(26-22)28-25-16-17-6-4-3-5-7-17/h3-16H,1-2H3,(H,26,28,29)/b25-16+. The highest BCUT2D eigenvalue weighted by atomic mass is 16.5. The zero-order valence-corrected chi connectivity index (χ0v) is 17.2. The number of hydrogen-bond donors (Lipinski definition) is 1. The molecule has 7 heteroatoms. The molecule has 0 bridgehead atoms. The van der Waals surface area contributed by atoms with Crippen LogP contribution in [0, 0.1) is 0 Å². The minimum Gasteiger partial charge on any atom is -0.497 e. The first-order chi connectivity index (χ1) is 15.3. The van der Waals surface area contributed by atoms with E-state index in [1.165, 1.54) is 0 Å². The van der Waals surface area contributed by atoms with Gasteiger partial charge in [0.1, 0.15) is 22.9 Å². The Kier molecular flexibility index (Phi) is 6.13. The average Bonchev–Trinajstić information content (AvgIpc) is 2.85. The SMILES string of the molecule is COc1ccc(-c2nnc(N/N=C/c3ccccc3)nc2-c2ccc(OC)cc2)cc1. The predicted molar refractivity (Wildman–Crippen MR) is 121 cm³/mol. The summed E-state index contributed by atoms with van der Waals surface area (Å²) in [5.74, 6) is 1.84. The van der Waals surface area contributed by atoms with E-state index in [-0.39, 0.29) is 0 Å². The summed E-state index contributed by atoms with van der Waals surface area (Å²) in [6, 6.07) is 25.0. The number of methoxy groups -OCH3 is 2. The van der Waals surface area contributed by atoms with Crippen LogP contribution in [0.25, 0.3) is 22.5 Å². The summed E-state index contributed by atoms with van der Waals surface area (Å²) in [6.45, 7) is 0. The maximum Gasteiger partial charge on any atom is 0.263 e. The first-order valence-electron chi connectivity index (χ1n) is 9.64. The molecule has 4 rings (SSSR count). The number of nitrogens with one attached hydrogen (secondary N) is 1. The molecular formula is C24H21N5O2. The van der Waals surface area contributed by atoms with Gasteiger partial charge in [0.25, 0.3) is 5.95 Å². The van der Waals surface area contributed by atoms with Crippen LogP contribution < -0.4 is 14.9 Å². The maximum atomic E-state index is 5.27. The van der Waals surface area contributed by atoms with Gasteiger partial charge in [-0.05, 0) is 54.1 Å². The molecule has 0 atom stereocenters. The number of benzene rings is 3. The molecule has 4 aromatic rings. The fourth-order valence-electron chi connectivity index (χ4n) is 2.97. The van der Waals surface area contributed by atoms with Gasteiger partial charge in [0.2, 0.25) is 0 Å². The molecule has 0 radical (unpaired) electrons. The molecule has 3 aromatic carbocycles. The molecule has 31 heavy (non-hydrogen) atoms. The lowest BCUT2D eigenvalue weighted by Crippen LogP contribution is -2.03. The monoisotopic (exact) mass is 411 g/mol. The third-order valence-corrected chi connectivity index (χ3v) is 4.59. The van der Waals surface area contributed by atoms with E-state index in [1.807, 2.05) is 78.9 Å². The second kappa shape index (κ2) is 9.49. The van der Waals surface area contributed by atoms with Crippen molar-refractivity contribution < 1.29 is 9.47 Å². The van der Waals surface area contributed by atoms with Crippen LogP contribution in [0.5, 0.6) is 11.5 Å². The van der Waals surface area contributed by atoms with E-state index >= 15 is 0 Å². The molecule has 0 aliphatic carbocycles. The Hall–Kier alpha value is -4.26. The summed E-state index contributed by atoms with van der Waals surface area (Å²) < 4.78 is 10.5. The number of hydrazone groups is 1. The fraction of sp³-hybridized carbons (Fsp3) is 0.0833. The first kappa shape index (κ1) is 20.0.